The molecule has 1 atom stereocenters. The Morgan fingerprint density at radius 1 is 0.667 bits per heavy atom. The third-order valence-corrected chi connectivity index (χ3v) is 4.24. The Kier molecular flexibility index (Phi) is 13.4. The van der Waals surface area contributed by atoms with Crippen LogP contribution in [0, 0.1) is 0 Å². The first-order valence-electron chi connectivity index (χ1n) is 6.95. The molecule has 15 heavy (non-hydrogen) atoms. The van der Waals surface area contributed by atoms with E-state index in [1.807, 2.05) is 0 Å². The Balaban J connectivity index is 3.06. The summed E-state index contributed by atoms with van der Waals surface area (Å²) in [6.45, 7) is 4.57. The van der Waals surface area contributed by atoms with Crippen LogP contribution >= 0.6 is 22.6 Å². The average Bonchev–Trinajstić information content (AvgIpc) is 2.23. The summed E-state index contributed by atoms with van der Waals surface area (Å²) in [5, 5.41) is 0. The Morgan fingerprint density at radius 2 is 1.07 bits per heavy atom. The lowest BCUT2D eigenvalue weighted by molar-refractivity contribution is 0.564. The van der Waals surface area contributed by atoms with Crippen LogP contribution in [-0.4, -0.2) is 3.92 Å². The molecule has 1 heteroatoms. The van der Waals surface area contributed by atoms with E-state index >= 15 is 0 Å². The normalized spacial score (nSPS) is 13.0. The second-order valence-electron chi connectivity index (χ2n) is 4.65. The summed E-state index contributed by atoms with van der Waals surface area (Å²) < 4.78 is 0.945. The molecule has 0 N–H and O–H groups in total. The summed E-state index contributed by atoms with van der Waals surface area (Å²) >= 11 is 2.65. The number of halogens is 1. The zero-order valence-electron chi connectivity index (χ0n) is 10.7. The van der Waals surface area contributed by atoms with Crippen LogP contribution in [0.3, 0.4) is 0 Å². The molecule has 0 radical (unpaired) electrons. The molecule has 0 rings (SSSR count). The van der Waals surface area contributed by atoms with E-state index in [-0.39, 0.29) is 0 Å². The van der Waals surface area contributed by atoms with E-state index in [0.29, 0.717) is 0 Å². The van der Waals surface area contributed by atoms with Gasteiger partial charge in [0, 0.05) is 3.92 Å². The van der Waals surface area contributed by atoms with Gasteiger partial charge in [-0.25, -0.2) is 0 Å². The second-order valence-corrected chi connectivity index (χ2v) is 6.41. The molecule has 1 unspecified atom stereocenters. The molecule has 0 aliphatic rings. The van der Waals surface area contributed by atoms with Crippen molar-refractivity contribution in [3.05, 3.63) is 0 Å². The zero-order chi connectivity index (χ0) is 11.4. The van der Waals surface area contributed by atoms with Gasteiger partial charge in [-0.05, 0) is 12.8 Å². The molecule has 0 aromatic carbocycles. The highest BCUT2D eigenvalue weighted by molar-refractivity contribution is 14.1. The summed E-state index contributed by atoms with van der Waals surface area (Å²) in [5.74, 6) is 0. The highest BCUT2D eigenvalue weighted by Crippen LogP contribution is 2.19. The molecule has 0 saturated heterocycles. The minimum atomic E-state index is 0.945. The molecule has 0 bridgehead atoms. The first-order chi connectivity index (χ1) is 7.31. The largest absolute Gasteiger partial charge is 0.0826 e. The van der Waals surface area contributed by atoms with Gasteiger partial charge in [-0.1, -0.05) is 94.2 Å². The number of unbranched alkanes of at least 4 members (excludes halogenated alkanes) is 7. The molecule has 0 saturated carbocycles. The van der Waals surface area contributed by atoms with Gasteiger partial charge in [-0.15, -0.1) is 0 Å². The van der Waals surface area contributed by atoms with Gasteiger partial charge in [0.15, 0.2) is 0 Å². The van der Waals surface area contributed by atoms with Crippen LogP contribution in [-0.2, 0) is 0 Å². The minimum absolute atomic E-state index is 0.945. The third kappa shape index (κ3) is 12.7. The molecule has 0 heterocycles. The van der Waals surface area contributed by atoms with E-state index in [1.165, 1.54) is 70.6 Å². The topological polar surface area (TPSA) is 0 Å². The van der Waals surface area contributed by atoms with Crippen LogP contribution in [0.2, 0.25) is 0 Å². The van der Waals surface area contributed by atoms with Crippen LogP contribution in [0.15, 0.2) is 0 Å². The minimum Gasteiger partial charge on any atom is -0.0826 e. The molecular weight excluding hydrogens is 295 g/mol. The van der Waals surface area contributed by atoms with Gasteiger partial charge in [0.25, 0.3) is 0 Å². The summed E-state index contributed by atoms with van der Waals surface area (Å²) in [6.07, 6.45) is 15.8. The standard InChI is InChI=1S/C14H29I/c1-3-5-7-8-9-11-13-14(15)12-10-6-4-2/h14H,3-13H2,1-2H3. The fraction of sp³-hybridized carbons (Fsp3) is 1.00. The van der Waals surface area contributed by atoms with Gasteiger partial charge < -0.3 is 0 Å². The van der Waals surface area contributed by atoms with Crippen molar-refractivity contribution in [1.29, 1.82) is 0 Å². The fourth-order valence-corrected chi connectivity index (χ4v) is 2.79. The highest BCUT2D eigenvalue weighted by Gasteiger charge is 2.02. The molecule has 0 aromatic heterocycles. The quantitative estimate of drug-likeness (QED) is 0.244. The van der Waals surface area contributed by atoms with Crippen molar-refractivity contribution < 1.29 is 0 Å². The number of rotatable bonds is 11. The lowest BCUT2D eigenvalue weighted by Gasteiger charge is -2.08. The molecular formula is C14H29I. The molecule has 0 amide bonds. The molecule has 0 aromatic rings. The Labute approximate surface area is 111 Å². The maximum Gasteiger partial charge on any atom is 0.0110 e. The summed E-state index contributed by atoms with van der Waals surface area (Å²) in [4.78, 5) is 0. The Morgan fingerprint density at radius 3 is 1.67 bits per heavy atom. The molecule has 0 aliphatic carbocycles. The van der Waals surface area contributed by atoms with Gasteiger partial charge in [0.1, 0.15) is 0 Å². The van der Waals surface area contributed by atoms with E-state index in [0.717, 1.165) is 3.92 Å². The molecule has 0 spiro atoms. The van der Waals surface area contributed by atoms with Crippen molar-refractivity contribution in [2.75, 3.05) is 0 Å². The van der Waals surface area contributed by atoms with Gasteiger partial charge in [-0.2, -0.15) is 0 Å². The van der Waals surface area contributed by atoms with Crippen LogP contribution < -0.4 is 0 Å². The molecule has 0 nitrogen and oxygen atoms in total. The first kappa shape index (κ1) is 15.7. The van der Waals surface area contributed by atoms with Gasteiger partial charge in [0.2, 0.25) is 0 Å². The maximum atomic E-state index is 2.65. The first-order valence-corrected chi connectivity index (χ1v) is 8.19. The lowest BCUT2D eigenvalue weighted by atomic mass is 10.1. The molecule has 0 aliphatic heterocycles. The maximum absolute atomic E-state index is 2.65. The van der Waals surface area contributed by atoms with Gasteiger partial charge in [-0.3, -0.25) is 0 Å². The van der Waals surface area contributed by atoms with Crippen molar-refractivity contribution >= 4 is 22.6 Å². The average molecular weight is 324 g/mol. The van der Waals surface area contributed by atoms with Gasteiger partial charge >= 0.3 is 0 Å². The number of hydrogen-bond donors (Lipinski definition) is 0. The van der Waals surface area contributed by atoms with Crippen LogP contribution in [0.5, 0.6) is 0 Å². The second kappa shape index (κ2) is 12.8. The van der Waals surface area contributed by atoms with E-state index in [1.54, 1.807) is 0 Å². The molecule has 92 valence electrons. The Bertz CT molecular complexity index is 112. The fourth-order valence-electron chi connectivity index (χ4n) is 1.91. The predicted molar refractivity (Wildman–Crippen MR) is 79.9 cm³/mol. The molecule has 0 fully saturated rings. The van der Waals surface area contributed by atoms with Crippen molar-refractivity contribution in [3.63, 3.8) is 0 Å². The van der Waals surface area contributed by atoms with E-state index in [9.17, 15) is 0 Å². The summed E-state index contributed by atoms with van der Waals surface area (Å²) in [5.41, 5.74) is 0. The Hall–Kier alpha value is 0.730. The zero-order valence-corrected chi connectivity index (χ0v) is 12.9. The van der Waals surface area contributed by atoms with Crippen LogP contribution in [0.4, 0.5) is 0 Å². The highest BCUT2D eigenvalue weighted by atomic mass is 127. The van der Waals surface area contributed by atoms with Crippen molar-refractivity contribution in [1.82, 2.24) is 0 Å². The van der Waals surface area contributed by atoms with Crippen molar-refractivity contribution in [2.45, 2.75) is 88.4 Å². The van der Waals surface area contributed by atoms with Gasteiger partial charge in [0.05, 0.1) is 0 Å². The van der Waals surface area contributed by atoms with Crippen molar-refractivity contribution in [2.24, 2.45) is 0 Å². The number of alkyl halides is 1. The van der Waals surface area contributed by atoms with E-state index in [4.69, 9.17) is 0 Å². The van der Waals surface area contributed by atoms with Crippen molar-refractivity contribution in [3.8, 4) is 0 Å². The van der Waals surface area contributed by atoms with E-state index < -0.39 is 0 Å². The van der Waals surface area contributed by atoms with Crippen LogP contribution in [0.1, 0.15) is 84.5 Å². The summed E-state index contributed by atoms with van der Waals surface area (Å²) in [6, 6.07) is 0. The summed E-state index contributed by atoms with van der Waals surface area (Å²) in [7, 11) is 0. The lowest BCUT2D eigenvalue weighted by Crippen LogP contribution is -1.97. The number of hydrogen-bond acceptors (Lipinski definition) is 0. The van der Waals surface area contributed by atoms with E-state index in [2.05, 4.69) is 36.4 Å². The monoisotopic (exact) mass is 324 g/mol. The SMILES string of the molecule is CCCCCCCCC(I)CCCCC. The third-order valence-electron chi connectivity index (χ3n) is 2.99. The predicted octanol–water partition coefficient (Wildman–Crippen LogP) is 6.12. The smallest absolute Gasteiger partial charge is 0.0110 e. The van der Waals surface area contributed by atoms with Crippen LogP contribution in [0.25, 0.3) is 0 Å².